The van der Waals surface area contributed by atoms with Crippen LogP contribution in [0.3, 0.4) is 0 Å². The average Bonchev–Trinajstić information content (AvgIpc) is 3.35. The quantitative estimate of drug-likeness (QED) is 0.249. The van der Waals surface area contributed by atoms with Crippen molar-refractivity contribution in [3.05, 3.63) is 12.2 Å². The van der Waals surface area contributed by atoms with E-state index in [2.05, 4.69) is 48.1 Å². The lowest BCUT2D eigenvalue weighted by Gasteiger charge is -2.72. The van der Waals surface area contributed by atoms with E-state index in [0.29, 0.717) is 17.8 Å². The SMILES string of the molecule is C=C(C)[C@H]1CC[C@@]2(C(=O)OCC(N)(CO)CO)CC[C@@]3(C)[C@@H](CC[C@H]4[C@]5(C)CC[C@@H](OC(C)=O)C(C)(C)[C@H]5CC[C@@]43C)[C@H]12. The van der Waals surface area contributed by atoms with E-state index in [9.17, 15) is 19.8 Å². The topological polar surface area (TPSA) is 119 Å². The van der Waals surface area contributed by atoms with Crippen LogP contribution in [0.2, 0.25) is 0 Å². The highest BCUT2D eigenvalue weighted by Gasteiger charge is 2.72. The molecule has 43 heavy (non-hydrogen) atoms. The molecule has 0 aromatic heterocycles. The smallest absolute Gasteiger partial charge is 0.312 e. The molecule has 0 bridgehead atoms. The summed E-state index contributed by atoms with van der Waals surface area (Å²) in [6.45, 7) is 19.4. The van der Waals surface area contributed by atoms with Crippen molar-refractivity contribution in [2.45, 2.75) is 124 Å². The molecule has 0 aliphatic heterocycles. The highest BCUT2D eigenvalue weighted by Crippen LogP contribution is 2.77. The summed E-state index contributed by atoms with van der Waals surface area (Å²) in [6, 6.07) is 0. The van der Waals surface area contributed by atoms with Crippen molar-refractivity contribution in [2.75, 3.05) is 19.8 Å². The third kappa shape index (κ3) is 4.68. The lowest BCUT2D eigenvalue weighted by atomic mass is 9.32. The van der Waals surface area contributed by atoms with Gasteiger partial charge in [0, 0.05) is 12.3 Å². The molecule has 0 aromatic rings. The molecule has 244 valence electrons. The molecule has 5 saturated carbocycles. The second-order valence-corrected chi connectivity index (χ2v) is 17.1. The van der Waals surface area contributed by atoms with E-state index in [-0.39, 0.29) is 58.1 Å². The van der Waals surface area contributed by atoms with Crippen LogP contribution in [0.25, 0.3) is 0 Å². The Morgan fingerprint density at radius 1 is 0.860 bits per heavy atom. The highest BCUT2D eigenvalue weighted by molar-refractivity contribution is 5.78. The Labute approximate surface area is 259 Å². The third-order valence-corrected chi connectivity index (χ3v) is 14.8. The zero-order valence-corrected chi connectivity index (χ0v) is 28.0. The number of carbonyl (C=O) groups is 2. The molecule has 5 aliphatic carbocycles. The lowest BCUT2D eigenvalue weighted by molar-refractivity contribution is -0.250. The van der Waals surface area contributed by atoms with E-state index in [1.807, 2.05) is 0 Å². The van der Waals surface area contributed by atoms with Crippen molar-refractivity contribution in [3.8, 4) is 0 Å². The Hall–Kier alpha value is -1.44. The van der Waals surface area contributed by atoms with Gasteiger partial charge >= 0.3 is 11.9 Å². The van der Waals surface area contributed by atoms with Gasteiger partial charge in [-0.25, -0.2) is 0 Å². The number of aliphatic hydroxyl groups is 2. The van der Waals surface area contributed by atoms with Crippen LogP contribution in [0.4, 0.5) is 0 Å². The normalized spacial score (nSPS) is 45.2. The first-order valence-electron chi connectivity index (χ1n) is 17.0. The first kappa shape index (κ1) is 32.9. The number of hydrogen-bond donors (Lipinski definition) is 3. The highest BCUT2D eigenvalue weighted by atomic mass is 16.5. The summed E-state index contributed by atoms with van der Waals surface area (Å²) in [6.07, 6.45) is 10.1. The Balaban J connectivity index is 1.47. The van der Waals surface area contributed by atoms with E-state index < -0.39 is 24.2 Å². The fourth-order valence-corrected chi connectivity index (χ4v) is 12.4. The third-order valence-electron chi connectivity index (χ3n) is 14.8. The first-order valence-corrected chi connectivity index (χ1v) is 17.0. The average molecular weight is 602 g/mol. The van der Waals surface area contributed by atoms with Crippen LogP contribution in [0, 0.1) is 56.7 Å². The van der Waals surface area contributed by atoms with Crippen LogP contribution in [0.15, 0.2) is 12.2 Å². The molecular weight excluding hydrogens is 542 g/mol. The molecule has 4 N–H and O–H groups in total. The van der Waals surface area contributed by atoms with Gasteiger partial charge in [0.25, 0.3) is 0 Å². The maximum absolute atomic E-state index is 14.1. The number of allylic oxidation sites excluding steroid dienone is 1. The van der Waals surface area contributed by atoms with Crippen molar-refractivity contribution in [3.63, 3.8) is 0 Å². The minimum absolute atomic E-state index is 0.0283. The Bertz CT molecular complexity index is 1130. The van der Waals surface area contributed by atoms with Crippen LogP contribution < -0.4 is 5.73 Å². The van der Waals surface area contributed by atoms with Crippen molar-refractivity contribution < 1.29 is 29.3 Å². The minimum Gasteiger partial charge on any atom is -0.463 e. The predicted molar refractivity (Wildman–Crippen MR) is 167 cm³/mol. The Morgan fingerprint density at radius 3 is 2.14 bits per heavy atom. The second kappa shape index (κ2) is 10.8. The maximum atomic E-state index is 14.1. The van der Waals surface area contributed by atoms with Gasteiger partial charge in [0.15, 0.2) is 0 Å². The van der Waals surface area contributed by atoms with Gasteiger partial charge in [-0.15, -0.1) is 0 Å². The molecular formula is C36H59NO6. The fourth-order valence-electron chi connectivity index (χ4n) is 12.4. The first-order chi connectivity index (χ1) is 20.0. The second-order valence-electron chi connectivity index (χ2n) is 17.1. The van der Waals surface area contributed by atoms with Gasteiger partial charge in [-0.1, -0.05) is 46.8 Å². The van der Waals surface area contributed by atoms with E-state index in [0.717, 1.165) is 69.8 Å². The van der Waals surface area contributed by atoms with Gasteiger partial charge in [-0.2, -0.15) is 0 Å². The number of fused-ring (bicyclic) bond motifs is 7. The molecule has 5 rings (SSSR count). The van der Waals surface area contributed by atoms with Crippen LogP contribution in [0.5, 0.6) is 0 Å². The van der Waals surface area contributed by atoms with E-state index >= 15 is 0 Å². The van der Waals surface area contributed by atoms with Gasteiger partial charge in [0.05, 0.1) is 24.2 Å². The van der Waals surface area contributed by atoms with Gasteiger partial charge in [0.2, 0.25) is 0 Å². The molecule has 0 saturated heterocycles. The van der Waals surface area contributed by atoms with E-state index in [1.165, 1.54) is 6.92 Å². The molecule has 0 unspecified atom stereocenters. The molecule has 0 amide bonds. The molecule has 7 nitrogen and oxygen atoms in total. The van der Waals surface area contributed by atoms with Gasteiger partial charge in [-0.05, 0) is 117 Å². The molecule has 10 atom stereocenters. The van der Waals surface area contributed by atoms with E-state index in [1.54, 1.807) is 0 Å². The monoisotopic (exact) mass is 601 g/mol. The number of aliphatic hydroxyl groups excluding tert-OH is 2. The lowest BCUT2D eigenvalue weighted by Crippen LogP contribution is -2.67. The predicted octanol–water partition coefficient (Wildman–Crippen LogP) is 5.80. The zero-order chi connectivity index (χ0) is 31.8. The summed E-state index contributed by atoms with van der Waals surface area (Å²) >= 11 is 0. The summed E-state index contributed by atoms with van der Waals surface area (Å²) in [4.78, 5) is 26.1. The van der Waals surface area contributed by atoms with Gasteiger partial charge in [-0.3, -0.25) is 9.59 Å². The fraction of sp³-hybridized carbons (Fsp3) is 0.889. The molecule has 5 fully saturated rings. The van der Waals surface area contributed by atoms with Crippen LogP contribution in [-0.4, -0.2) is 53.6 Å². The zero-order valence-electron chi connectivity index (χ0n) is 28.0. The van der Waals surface area contributed by atoms with Crippen LogP contribution in [-0.2, 0) is 19.1 Å². The van der Waals surface area contributed by atoms with Crippen molar-refractivity contribution in [1.82, 2.24) is 0 Å². The molecule has 0 heterocycles. The summed E-state index contributed by atoms with van der Waals surface area (Å²) in [5.74, 6) is 1.54. The number of nitrogens with two attached hydrogens (primary N) is 1. The number of hydrogen-bond acceptors (Lipinski definition) is 7. The van der Waals surface area contributed by atoms with Crippen molar-refractivity contribution in [1.29, 1.82) is 0 Å². The summed E-state index contributed by atoms with van der Waals surface area (Å²) in [5, 5.41) is 19.4. The Kier molecular flexibility index (Phi) is 8.30. The standard InChI is InChI=1S/C36H59NO6/c1-22(2)24-11-16-36(30(41)42-21-35(37,19-38)20-39)18-17-33(7)25(29(24)36)9-10-27-32(6)14-13-28(43-23(3)40)31(4,5)26(32)12-15-34(27,33)8/h24-29,38-39H,1,9-21,37H2,2-8H3/t24-,25+,26-,27+,28-,29+,32-,33+,34+,36-/m1/s1. The van der Waals surface area contributed by atoms with Crippen molar-refractivity contribution >= 4 is 11.9 Å². The number of esters is 2. The van der Waals surface area contributed by atoms with Crippen LogP contribution >= 0.6 is 0 Å². The molecule has 0 aromatic carbocycles. The number of ether oxygens (including phenoxy) is 2. The molecule has 0 spiro atoms. The van der Waals surface area contributed by atoms with Crippen LogP contribution in [0.1, 0.15) is 113 Å². The largest absolute Gasteiger partial charge is 0.463 e. The number of carbonyl (C=O) groups excluding carboxylic acids is 2. The summed E-state index contributed by atoms with van der Waals surface area (Å²) in [7, 11) is 0. The van der Waals surface area contributed by atoms with E-state index in [4.69, 9.17) is 15.2 Å². The van der Waals surface area contributed by atoms with Crippen molar-refractivity contribution in [2.24, 2.45) is 62.4 Å². The summed E-state index contributed by atoms with van der Waals surface area (Å²) in [5.41, 5.74) is 5.69. The summed E-state index contributed by atoms with van der Waals surface area (Å²) < 4.78 is 11.8. The molecule has 5 aliphatic rings. The molecule has 0 radical (unpaired) electrons. The van der Waals surface area contributed by atoms with Gasteiger partial charge < -0.3 is 25.4 Å². The maximum Gasteiger partial charge on any atom is 0.312 e. The Morgan fingerprint density at radius 2 is 1.53 bits per heavy atom. The number of rotatable bonds is 7. The molecule has 7 heteroatoms. The minimum atomic E-state index is -1.33. The van der Waals surface area contributed by atoms with Gasteiger partial charge in [0.1, 0.15) is 12.7 Å².